The van der Waals surface area contributed by atoms with Gasteiger partial charge in [-0.3, -0.25) is 0 Å². The topological polar surface area (TPSA) is 99.1 Å². The van der Waals surface area contributed by atoms with Gasteiger partial charge in [-0.2, -0.15) is 0 Å². The van der Waals surface area contributed by atoms with Gasteiger partial charge in [0.2, 0.25) is 15.8 Å². The highest BCUT2D eigenvalue weighted by molar-refractivity contribution is 7.89. The highest BCUT2D eigenvalue weighted by Gasteiger charge is 2.29. The van der Waals surface area contributed by atoms with E-state index in [0.29, 0.717) is 17.1 Å². The number of nitrogens with zero attached hydrogens (tertiary/aromatic N) is 2. The summed E-state index contributed by atoms with van der Waals surface area (Å²) in [6.45, 7) is 1.67. The molecule has 0 saturated heterocycles. The van der Waals surface area contributed by atoms with Crippen molar-refractivity contribution in [2.75, 3.05) is 0 Å². The number of halogens is 4. The molecule has 0 fully saturated rings. The summed E-state index contributed by atoms with van der Waals surface area (Å²) < 4.78 is 81.9. The molecule has 0 unspecified atom stereocenters. The minimum atomic E-state index is -4.68. The fourth-order valence-electron chi connectivity index (χ4n) is 2.35. The number of primary sulfonamides is 1. The number of nitrogens with two attached hydrogens (primary N) is 1. The molecule has 0 spiro atoms. The Balaban J connectivity index is 2.28. The molecule has 2 aromatic heterocycles. The molecule has 3 aromatic rings. The Morgan fingerprint density at radius 3 is 2.31 bits per heavy atom. The second-order valence-electron chi connectivity index (χ2n) is 5.14. The summed E-state index contributed by atoms with van der Waals surface area (Å²) in [7, 11) is -4.68. The van der Waals surface area contributed by atoms with E-state index in [9.17, 15) is 26.0 Å². The molecule has 0 saturated carbocycles. The monoisotopic (exact) mass is 407 g/mol. The fraction of sp³-hybridized carbons (Fsp3) is 0.143. The summed E-state index contributed by atoms with van der Waals surface area (Å²) >= 11 is 1.21. The minimum absolute atomic E-state index is 0.146. The van der Waals surface area contributed by atoms with Gasteiger partial charge in [-0.15, -0.1) is 11.3 Å². The molecule has 0 amide bonds. The third kappa shape index (κ3) is 3.22. The zero-order chi connectivity index (χ0) is 19.2. The van der Waals surface area contributed by atoms with E-state index in [1.54, 1.807) is 6.92 Å². The van der Waals surface area contributed by atoms with Gasteiger partial charge in [-0.1, -0.05) is 5.16 Å². The van der Waals surface area contributed by atoms with E-state index in [-0.39, 0.29) is 22.5 Å². The van der Waals surface area contributed by atoms with E-state index in [2.05, 4.69) is 14.7 Å². The van der Waals surface area contributed by atoms with Crippen LogP contribution in [0, 0.1) is 18.6 Å². The van der Waals surface area contributed by atoms with Gasteiger partial charge in [0.15, 0.2) is 4.90 Å². The summed E-state index contributed by atoms with van der Waals surface area (Å²) in [6.07, 6.45) is -3.13. The van der Waals surface area contributed by atoms with E-state index in [1.165, 1.54) is 16.7 Å². The Bertz CT molecular complexity index is 1070. The van der Waals surface area contributed by atoms with Crippen molar-refractivity contribution < 1.29 is 30.5 Å². The van der Waals surface area contributed by atoms with Crippen molar-refractivity contribution >= 4 is 21.4 Å². The molecule has 0 atom stereocenters. The number of hydrogen-bond acceptors (Lipinski definition) is 6. The van der Waals surface area contributed by atoms with Crippen LogP contribution in [0.15, 0.2) is 26.9 Å². The number of rotatable bonds is 4. The average molecular weight is 407 g/mol. The van der Waals surface area contributed by atoms with E-state index < -0.39 is 38.7 Å². The van der Waals surface area contributed by atoms with E-state index in [1.807, 2.05) is 0 Å². The van der Waals surface area contributed by atoms with Gasteiger partial charge in [-0.05, 0) is 24.6 Å². The van der Waals surface area contributed by atoms with Crippen molar-refractivity contribution in [1.82, 2.24) is 10.1 Å². The van der Waals surface area contributed by atoms with Crippen molar-refractivity contribution in [2.24, 2.45) is 5.14 Å². The highest BCUT2D eigenvalue weighted by atomic mass is 32.2. The average Bonchev–Trinajstić information content (AvgIpc) is 3.10. The second-order valence-corrected chi connectivity index (χ2v) is 7.70. The van der Waals surface area contributed by atoms with Crippen LogP contribution in [0.2, 0.25) is 0 Å². The molecule has 0 aliphatic rings. The number of alkyl halides is 2. The molecule has 3 rings (SSSR count). The first-order chi connectivity index (χ1) is 12.1. The lowest BCUT2D eigenvalue weighted by atomic mass is 10.0. The maximum absolute atomic E-state index is 14.1. The predicted molar refractivity (Wildman–Crippen MR) is 84.0 cm³/mol. The Kier molecular flexibility index (Phi) is 4.58. The first-order valence-electron chi connectivity index (χ1n) is 6.82. The normalized spacial score (nSPS) is 12.1. The van der Waals surface area contributed by atoms with Crippen LogP contribution in [0.1, 0.15) is 17.2 Å². The SMILES string of the molecule is Cc1nc(-c2noc(C(F)F)c2-c2cc(F)c(S(N)(=O)=O)c(F)c2)cs1. The van der Waals surface area contributed by atoms with Crippen LogP contribution in [-0.2, 0) is 10.0 Å². The Labute approximate surface area is 148 Å². The number of aryl methyl sites for hydroxylation is 1. The zero-order valence-electron chi connectivity index (χ0n) is 12.8. The Morgan fingerprint density at radius 2 is 1.85 bits per heavy atom. The minimum Gasteiger partial charge on any atom is -0.354 e. The van der Waals surface area contributed by atoms with Crippen LogP contribution >= 0.6 is 11.3 Å². The summed E-state index contributed by atoms with van der Waals surface area (Å²) in [5.41, 5.74) is -0.741. The first-order valence-corrected chi connectivity index (χ1v) is 9.24. The van der Waals surface area contributed by atoms with Gasteiger partial charge in [-0.25, -0.2) is 36.1 Å². The van der Waals surface area contributed by atoms with Gasteiger partial charge < -0.3 is 4.52 Å². The number of benzene rings is 1. The number of hydrogen-bond donors (Lipinski definition) is 1. The van der Waals surface area contributed by atoms with Crippen LogP contribution in [0.25, 0.3) is 22.5 Å². The number of sulfonamides is 1. The fourth-order valence-corrected chi connectivity index (χ4v) is 3.61. The Morgan fingerprint density at radius 1 is 1.23 bits per heavy atom. The summed E-state index contributed by atoms with van der Waals surface area (Å²) in [6, 6.07) is 1.15. The molecule has 138 valence electrons. The molecule has 2 N–H and O–H groups in total. The van der Waals surface area contributed by atoms with Crippen molar-refractivity contribution in [2.45, 2.75) is 18.2 Å². The van der Waals surface area contributed by atoms with Gasteiger partial charge >= 0.3 is 0 Å². The lowest BCUT2D eigenvalue weighted by Gasteiger charge is -2.07. The Hall–Kier alpha value is -2.31. The molecule has 0 aliphatic heterocycles. The van der Waals surface area contributed by atoms with Crippen LogP contribution in [0.3, 0.4) is 0 Å². The number of thiazole rings is 1. The molecule has 0 radical (unpaired) electrons. The largest absolute Gasteiger partial charge is 0.354 e. The molecule has 26 heavy (non-hydrogen) atoms. The summed E-state index contributed by atoms with van der Waals surface area (Å²) in [5.74, 6) is -3.97. The molecular weight excluding hydrogens is 398 g/mol. The standard InChI is InChI=1S/C14H9F4N3O3S2/c1-5-20-9(4-25-5)11-10(12(14(17)18)24-21-11)6-2-7(15)13(8(16)3-6)26(19,22)23/h2-4,14H,1H3,(H2,19,22,23). The summed E-state index contributed by atoms with van der Waals surface area (Å²) in [5, 5.41) is 10.4. The van der Waals surface area contributed by atoms with Gasteiger partial charge in [0, 0.05) is 5.38 Å². The van der Waals surface area contributed by atoms with E-state index in [0.717, 1.165) is 0 Å². The molecule has 12 heteroatoms. The van der Waals surface area contributed by atoms with Crippen molar-refractivity contribution in [3.8, 4) is 22.5 Å². The zero-order valence-corrected chi connectivity index (χ0v) is 14.5. The molecule has 0 bridgehead atoms. The van der Waals surface area contributed by atoms with Crippen molar-refractivity contribution in [1.29, 1.82) is 0 Å². The second kappa shape index (κ2) is 6.45. The van der Waals surface area contributed by atoms with Gasteiger partial charge in [0.05, 0.1) is 10.6 Å². The first kappa shape index (κ1) is 18.5. The van der Waals surface area contributed by atoms with E-state index in [4.69, 9.17) is 5.14 Å². The summed E-state index contributed by atoms with van der Waals surface area (Å²) in [4.78, 5) is 2.73. The molecule has 0 aliphatic carbocycles. The van der Waals surface area contributed by atoms with Crippen molar-refractivity contribution in [3.63, 3.8) is 0 Å². The van der Waals surface area contributed by atoms with Crippen LogP contribution in [0.4, 0.5) is 17.6 Å². The maximum Gasteiger partial charge on any atom is 0.298 e. The molecule has 6 nitrogen and oxygen atoms in total. The smallest absolute Gasteiger partial charge is 0.298 e. The van der Waals surface area contributed by atoms with Crippen molar-refractivity contribution in [3.05, 3.63) is 39.9 Å². The molecular formula is C14H9F4N3O3S2. The number of aromatic nitrogens is 2. The third-order valence-electron chi connectivity index (χ3n) is 3.35. The van der Waals surface area contributed by atoms with Gasteiger partial charge in [0.25, 0.3) is 6.43 Å². The maximum atomic E-state index is 14.1. The lowest BCUT2D eigenvalue weighted by Crippen LogP contribution is -2.16. The predicted octanol–water partition coefficient (Wildman–Crippen LogP) is 3.64. The van der Waals surface area contributed by atoms with Crippen LogP contribution in [-0.4, -0.2) is 18.6 Å². The van der Waals surface area contributed by atoms with Gasteiger partial charge in [0.1, 0.15) is 23.0 Å². The van der Waals surface area contributed by atoms with Crippen LogP contribution in [0.5, 0.6) is 0 Å². The molecule has 1 aromatic carbocycles. The lowest BCUT2D eigenvalue weighted by molar-refractivity contribution is 0.113. The quantitative estimate of drug-likeness (QED) is 0.666. The highest BCUT2D eigenvalue weighted by Crippen LogP contribution is 2.40. The third-order valence-corrected chi connectivity index (χ3v) is 5.08. The molecule has 2 heterocycles. The van der Waals surface area contributed by atoms with Crippen LogP contribution < -0.4 is 5.14 Å². The van der Waals surface area contributed by atoms with E-state index >= 15 is 0 Å².